The molecule has 1 aromatic carbocycles. The molecule has 0 amide bonds. The van der Waals surface area contributed by atoms with E-state index in [1.54, 1.807) is 0 Å². The lowest BCUT2D eigenvalue weighted by Gasteiger charge is -2.37. The van der Waals surface area contributed by atoms with Crippen molar-refractivity contribution in [1.82, 2.24) is 4.57 Å². The van der Waals surface area contributed by atoms with Gasteiger partial charge in [-0.3, -0.25) is 4.57 Å². The first-order chi connectivity index (χ1) is 14.3. The van der Waals surface area contributed by atoms with Crippen LogP contribution in [0, 0.1) is 0 Å². The second-order valence-corrected chi connectivity index (χ2v) is 8.33. The molecule has 1 saturated carbocycles. The van der Waals surface area contributed by atoms with E-state index in [9.17, 15) is 0 Å². The first-order valence-corrected chi connectivity index (χ1v) is 11.3. The van der Waals surface area contributed by atoms with Crippen LogP contribution in [0.15, 0.2) is 21.7 Å². The Morgan fingerprint density at radius 3 is 2.34 bits per heavy atom. The van der Waals surface area contributed by atoms with Crippen LogP contribution >= 0.6 is 0 Å². The van der Waals surface area contributed by atoms with E-state index in [2.05, 4.69) is 39.8 Å². The van der Waals surface area contributed by atoms with Crippen LogP contribution < -0.4 is 21.3 Å². The summed E-state index contributed by atoms with van der Waals surface area (Å²) in [5, 5.41) is 5.45. The molecule has 0 spiro atoms. The van der Waals surface area contributed by atoms with E-state index in [1.165, 1.54) is 78.5 Å². The normalized spacial score (nSPS) is 19.4. The summed E-state index contributed by atoms with van der Waals surface area (Å²) in [6.45, 7) is 7.88. The van der Waals surface area contributed by atoms with Crippen molar-refractivity contribution in [2.24, 2.45) is 5.16 Å². The van der Waals surface area contributed by atoms with Crippen LogP contribution in [0.3, 0.4) is 0 Å². The fourth-order valence-corrected chi connectivity index (χ4v) is 5.03. The van der Waals surface area contributed by atoms with Crippen LogP contribution in [0.25, 0.3) is 11.6 Å². The minimum absolute atomic E-state index is 0.542. The van der Waals surface area contributed by atoms with Gasteiger partial charge in [0.2, 0.25) is 0 Å². The molecule has 154 valence electrons. The van der Waals surface area contributed by atoms with Gasteiger partial charge in [0.15, 0.2) is 5.42 Å². The number of hydrogen-bond acceptors (Lipinski definition) is 4. The van der Waals surface area contributed by atoms with Gasteiger partial charge >= 0.3 is 5.68 Å². The van der Waals surface area contributed by atoms with Gasteiger partial charge in [-0.05, 0) is 104 Å². The number of benzene rings is 1. The van der Waals surface area contributed by atoms with Gasteiger partial charge in [-0.15, -0.1) is 0 Å². The van der Waals surface area contributed by atoms with Crippen molar-refractivity contribution in [3.05, 3.63) is 45.3 Å². The van der Waals surface area contributed by atoms with Gasteiger partial charge in [-0.2, -0.15) is 0 Å². The van der Waals surface area contributed by atoms with Crippen LogP contribution in [-0.4, -0.2) is 24.3 Å². The molecule has 0 bridgehead atoms. The average Bonchev–Trinajstić information content (AvgIpc) is 3.02. The van der Waals surface area contributed by atoms with Crippen LogP contribution in [0.5, 0.6) is 0 Å². The maximum absolute atomic E-state index is 6.24. The highest BCUT2D eigenvalue weighted by Gasteiger charge is 2.24. The van der Waals surface area contributed by atoms with Gasteiger partial charge in [0, 0.05) is 25.3 Å². The summed E-state index contributed by atoms with van der Waals surface area (Å²) in [4.78, 5) is 7.92. The monoisotopic (exact) mass is 393 g/mol. The Labute approximate surface area is 172 Å². The summed E-state index contributed by atoms with van der Waals surface area (Å²) < 4.78 is 8.40. The number of anilines is 1. The van der Waals surface area contributed by atoms with Crippen molar-refractivity contribution in [2.45, 2.75) is 65.3 Å². The van der Waals surface area contributed by atoms with E-state index >= 15 is 0 Å². The van der Waals surface area contributed by atoms with Gasteiger partial charge in [-0.1, -0.05) is 0 Å². The SMILES string of the molecule is CCO/N=c1/o/c(=C/c2cc3c4c(c2)CCCN4CCC3)c(=C2CCC2)n1CC. The predicted octanol–water partition coefficient (Wildman–Crippen LogP) is 2.82. The maximum Gasteiger partial charge on any atom is 0.336 e. The minimum Gasteiger partial charge on any atom is -0.421 e. The van der Waals surface area contributed by atoms with Crippen LogP contribution in [0.4, 0.5) is 5.69 Å². The second kappa shape index (κ2) is 7.77. The van der Waals surface area contributed by atoms with E-state index in [0.717, 1.165) is 24.8 Å². The highest BCUT2D eigenvalue weighted by molar-refractivity contribution is 5.67. The zero-order valence-electron chi connectivity index (χ0n) is 17.7. The molecular weight excluding hydrogens is 362 g/mol. The van der Waals surface area contributed by atoms with E-state index < -0.39 is 0 Å². The number of aryl methyl sites for hydroxylation is 2. The minimum atomic E-state index is 0.542. The Hall–Kier alpha value is -2.43. The molecule has 1 fully saturated rings. The summed E-state index contributed by atoms with van der Waals surface area (Å²) in [6.07, 6.45) is 10.7. The lowest BCUT2D eigenvalue weighted by Crippen LogP contribution is -2.36. The standard InChI is InChI=1S/C24H31N3O2/c1-3-27-23(18-8-5-9-18)21(29-24(27)25-28-4-2)16-17-14-19-10-6-12-26-13-7-11-20(15-17)22(19)26/h14-16H,3-13H2,1-2H3/b21-16+,25-24+. The lowest BCUT2D eigenvalue weighted by atomic mass is 9.89. The van der Waals surface area contributed by atoms with Crippen LogP contribution in [0.1, 0.15) is 62.6 Å². The first-order valence-electron chi connectivity index (χ1n) is 11.3. The van der Waals surface area contributed by atoms with E-state index in [-0.39, 0.29) is 0 Å². The molecule has 5 heteroatoms. The van der Waals surface area contributed by atoms with E-state index in [1.807, 2.05) is 6.92 Å². The molecule has 0 N–H and O–H groups in total. The second-order valence-electron chi connectivity index (χ2n) is 8.33. The third-order valence-corrected chi connectivity index (χ3v) is 6.47. The molecule has 5 nitrogen and oxygen atoms in total. The quantitative estimate of drug-likeness (QED) is 0.751. The van der Waals surface area contributed by atoms with Crippen molar-refractivity contribution in [3.8, 4) is 0 Å². The number of rotatable bonds is 4. The molecule has 29 heavy (non-hydrogen) atoms. The molecule has 5 rings (SSSR count). The highest BCUT2D eigenvalue weighted by atomic mass is 16.6. The van der Waals surface area contributed by atoms with Gasteiger partial charge < -0.3 is 14.2 Å². The predicted molar refractivity (Wildman–Crippen MR) is 115 cm³/mol. The van der Waals surface area contributed by atoms with Crippen molar-refractivity contribution in [2.75, 3.05) is 24.6 Å². The molecule has 1 aliphatic carbocycles. The largest absolute Gasteiger partial charge is 0.421 e. The Kier molecular flexibility index (Phi) is 4.98. The summed E-state index contributed by atoms with van der Waals surface area (Å²) >= 11 is 0. The smallest absolute Gasteiger partial charge is 0.336 e. The Morgan fingerprint density at radius 1 is 1.03 bits per heavy atom. The van der Waals surface area contributed by atoms with Gasteiger partial charge in [-0.25, -0.2) is 0 Å². The Bertz CT molecular complexity index is 1070. The molecule has 0 unspecified atom stereocenters. The van der Waals surface area contributed by atoms with E-state index in [0.29, 0.717) is 12.3 Å². The molecule has 3 heterocycles. The molecule has 3 aliphatic rings. The topological polar surface area (TPSA) is 42.9 Å². The van der Waals surface area contributed by atoms with Crippen molar-refractivity contribution in [1.29, 1.82) is 0 Å². The van der Waals surface area contributed by atoms with Gasteiger partial charge in [0.25, 0.3) is 0 Å². The number of nitrogens with zero attached hydrogens (tertiary/aromatic N) is 3. The van der Waals surface area contributed by atoms with Crippen molar-refractivity contribution >= 4 is 17.3 Å². The molecule has 0 radical (unpaired) electrons. The molecule has 2 aliphatic heterocycles. The maximum atomic E-state index is 6.24. The lowest BCUT2D eigenvalue weighted by molar-refractivity contribution is 0.130. The highest BCUT2D eigenvalue weighted by Crippen LogP contribution is 2.36. The fourth-order valence-electron chi connectivity index (χ4n) is 5.03. The number of oxazole rings is 1. The number of aromatic nitrogens is 1. The molecule has 0 saturated heterocycles. The van der Waals surface area contributed by atoms with E-state index in [4.69, 9.17) is 9.25 Å². The number of hydrogen-bond donors (Lipinski definition) is 0. The molecule has 2 aromatic rings. The van der Waals surface area contributed by atoms with Crippen molar-refractivity contribution < 1.29 is 9.25 Å². The summed E-state index contributed by atoms with van der Waals surface area (Å²) in [7, 11) is 0. The first kappa shape index (κ1) is 18.6. The van der Waals surface area contributed by atoms with Gasteiger partial charge in [0.1, 0.15) is 6.61 Å². The van der Waals surface area contributed by atoms with Gasteiger partial charge in [0.05, 0.1) is 5.35 Å². The fraction of sp³-hybridized carbons (Fsp3) is 0.542. The summed E-state index contributed by atoms with van der Waals surface area (Å²) in [5.74, 6) is 0. The third-order valence-electron chi connectivity index (χ3n) is 6.47. The molecule has 0 atom stereocenters. The zero-order valence-corrected chi connectivity index (χ0v) is 17.7. The Morgan fingerprint density at radius 2 is 1.76 bits per heavy atom. The Balaban J connectivity index is 1.70. The zero-order chi connectivity index (χ0) is 19.8. The molecule has 1 aromatic heterocycles. The summed E-state index contributed by atoms with van der Waals surface area (Å²) in [5.41, 5.74) is 8.76. The van der Waals surface area contributed by atoms with Crippen molar-refractivity contribution in [3.63, 3.8) is 0 Å². The summed E-state index contributed by atoms with van der Waals surface area (Å²) in [6, 6.07) is 4.76. The third kappa shape index (κ3) is 3.30. The average molecular weight is 394 g/mol. The van der Waals surface area contributed by atoms with Crippen LogP contribution in [-0.2, 0) is 24.2 Å². The van der Waals surface area contributed by atoms with Crippen LogP contribution in [0.2, 0.25) is 0 Å². The molecular formula is C24H31N3O2.